The molecule has 27 heavy (non-hydrogen) atoms. The van der Waals surface area contributed by atoms with Crippen molar-refractivity contribution in [1.29, 1.82) is 0 Å². The van der Waals surface area contributed by atoms with Gasteiger partial charge in [0, 0.05) is 10.4 Å². The van der Waals surface area contributed by atoms with E-state index in [0.29, 0.717) is 17.7 Å². The summed E-state index contributed by atoms with van der Waals surface area (Å²) in [6, 6.07) is 11.1. The quantitative estimate of drug-likeness (QED) is 0.559. The number of aliphatic carboxylic acids is 1. The molecule has 0 aliphatic rings. The van der Waals surface area contributed by atoms with Crippen LogP contribution in [0.25, 0.3) is 6.08 Å². The van der Waals surface area contributed by atoms with Gasteiger partial charge in [0.05, 0.1) is 0 Å². The van der Waals surface area contributed by atoms with Crippen molar-refractivity contribution in [3.63, 3.8) is 0 Å². The van der Waals surface area contributed by atoms with Crippen LogP contribution in [0.5, 0.6) is 0 Å². The Balaban J connectivity index is 2.20. The number of nitrogens with one attached hydrogen (secondary N) is 2. The molecule has 2 aromatic rings. The first-order chi connectivity index (χ1) is 13.0. The zero-order chi connectivity index (χ0) is 19.6. The summed E-state index contributed by atoms with van der Waals surface area (Å²) in [5, 5.41) is 16.2. The van der Waals surface area contributed by atoms with Crippen LogP contribution < -0.4 is 10.6 Å². The summed E-state index contributed by atoms with van der Waals surface area (Å²) in [6.45, 7) is 0. The molecule has 2 rings (SSSR count). The van der Waals surface area contributed by atoms with E-state index in [0.717, 1.165) is 4.88 Å². The van der Waals surface area contributed by atoms with Gasteiger partial charge < -0.3 is 15.7 Å². The maximum absolute atomic E-state index is 12.7. The molecule has 8 heteroatoms. The van der Waals surface area contributed by atoms with E-state index >= 15 is 0 Å². The number of amides is 2. The number of carbonyl (C=O) groups is 3. The third kappa shape index (κ3) is 6.58. The molecule has 1 atom stereocenters. The van der Waals surface area contributed by atoms with Gasteiger partial charge in [0.1, 0.15) is 11.7 Å². The summed E-state index contributed by atoms with van der Waals surface area (Å²) >= 11 is 2.90. The first kappa shape index (κ1) is 20.7. The molecule has 0 aliphatic carbocycles. The van der Waals surface area contributed by atoms with Gasteiger partial charge in [-0.3, -0.25) is 9.59 Å². The van der Waals surface area contributed by atoms with Crippen molar-refractivity contribution in [2.45, 2.75) is 12.5 Å². The molecule has 0 saturated carbocycles. The summed E-state index contributed by atoms with van der Waals surface area (Å²) < 4.78 is 0. The van der Waals surface area contributed by atoms with E-state index in [1.54, 1.807) is 36.4 Å². The first-order valence-electron chi connectivity index (χ1n) is 8.15. The molecule has 1 aromatic heterocycles. The van der Waals surface area contributed by atoms with E-state index in [4.69, 9.17) is 0 Å². The molecule has 3 N–H and O–H groups in total. The Labute approximate surface area is 165 Å². The van der Waals surface area contributed by atoms with Gasteiger partial charge in [-0.2, -0.15) is 11.8 Å². The van der Waals surface area contributed by atoms with Crippen LogP contribution in [-0.2, 0) is 9.59 Å². The number of carboxylic acid groups (broad SMARTS) is 1. The van der Waals surface area contributed by atoms with E-state index in [9.17, 15) is 19.5 Å². The van der Waals surface area contributed by atoms with Gasteiger partial charge in [-0.05, 0) is 48.1 Å². The van der Waals surface area contributed by atoms with Gasteiger partial charge in [0.25, 0.3) is 11.8 Å². The van der Waals surface area contributed by atoms with Crippen molar-refractivity contribution in [3.8, 4) is 0 Å². The maximum Gasteiger partial charge on any atom is 0.326 e. The zero-order valence-corrected chi connectivity index (χ0v) is 16.3. The summed E-state index contributed by atoms with van der Waals surface area (Å²) in [4.78, 5) is 37.2. The Morgan fingerprint density at radius 3 is 2.52 bits per heavy atom. The topological polar surface area (TPSA) is 95.5 Å². The lowest BCUT2D eigenvalue weighted by Gasteiger charge is -2.16. The summed E-state index contributed by atoms with van der Waals surface area (Å²) in [5.41, 5.74) is 0.404. The molecule has 1 unspecified atom stereocenters. The van der Waals surface area contributed by atoms with Crippen LogP contribution in [0.2, 0.25) is 0 Å². The van der Waals surface area contributed by atoms with E-state index in [1.165, 1.54) is 29.2 Å². The lowest BCUT2D eigenvalue weighted by atomic mass is 10.2. The predicted octanol–water partition coefficient (Wildman–Crippen LogP) is 2.84. The van der Waals surface area contributed by atoms with E-state index in [1.807, 2.05) is 17.7 Å². The number of rotatable bonds is 9. The number of benzene rings is 1. The van der Waals surface area contributed by atoms with Gasteiger partial charge in [-0.15, -0.1) is 11.3 Å². The highest BCUT2D eigenvalue weighted by atomic mass is 32.2. The Bertz CT molecular complexity index is 804. The smallest absolute Gasteiger partial charge is 0.326 e. The summed E-state index contributed by atoms with van der Waals surface area (Å²) in [5.74, 6) is -1.59. The number of carboxylic acids is 1. The second-order valence-corrected chi connectivity index (χ2v) is 7.50. The van der Waals surface area contributed by atoms with Gasteiger partial charge >= 0.3 is 5.97 Å². The second-order valence-electron chi connectivity index (χ2n) is 5.54. The van der Waals surface area contributed by atoms with E-state index < -0.39 is 23.8 Å². The molecule has 1 heterocycles. The Kier molecular flexibility index (Phi) is 8.09. The molecule has 0 spiro atoms. The molecule has 0 radical (unpaired) electrons. The average molecular weight is 405 g/mol. The molecule has 6 nitrogen and oxygen atoms in total. The Morgan fingerprint density at radius 2 is 1.93 bits per heavy atom. The molecular weight excluding hydrogens is 384 g/mol. The van der Waals surface area contributed by atoms with Crippen molar-refractivity contribution in [1.82, 2.24) is 10.6 Å². The van der Waals surface area contributed by atoms with Crippen LogP contribution in [0.3, 0.4) is 0 Å². The predicted molar refractivity (Wildman–Crippen MR) is 109 cm³/mol. The third-order valence-corrected chi connectivity index (χ3v) is 5.04. The standard InChI is InChI=1S/C19H20N2O4S2/c1-26-11-9-15(19(24)25)20-18(23)16(12-14-8-5-10-27-14)21-17(22)13-6-3-2-4-7-13/h2-8,10,12,15H,9,11H2,1H3,(H,20,23)(H,21,22)(H,24,25). The molecule has 0 fully saturated rings. The molecule has 0 bridgehead atoms. The monoisotopic (exact) mass is 404 g/mol. The third-order valence-electron chi connectivity index (χ3n) is 3.57. The highest BCUT2D eigenvalue weighted by Crippen LogP contribution is 2.13. The summed E-state index contributed by atoms with van der Waals surface area (Å²) in [6.07, 6.45) is 3.69. The molecule has 0 aliphatic heterocycles. The lowest BCUT2D eigenvalue weighted by molar-refractivity contribution is -0.141. The maximum atomic E-state index is 12.7. The van der Waals surface area contributed by atoms with Crippen LogP contribution >= 0.6 is 23.1 Å². The lowest BCUT2D eigenvalue weighted by Crippen LogP contribution is -2.44. The molecule has 142 valence electrons. The minimum absolute atomic E-state index is 0.00158. The van der Waals surface area contributed by atoms with Crippen LogP contribution in [0.15, 0.2) is 53.5 Å². The summed E-state index contributed by atoms with van der Waals surface area (Å²) in [7, 11) is 0. The van der Waals surface area contributed by atoms with Crippen molar-refractivity contribution in [2.75, 3.05) is 12.0 Å². The number of thioether (sulfide) groups is 1. The van der Waals surface area contributed by atoms with Crippen molar-refractivity contribution in [3.05, 3.63) is 64.0 Å². The molecule has 1 aromatic carbocycles. The molecular formula is C19H20N2O4S2. The fraction of sp³-hybridized carbons (Fsp3) is 0.211. The minimum Gasteiger partial charge on any atom is -0.480 e. The molecule has 2 amide bonds. The van der Waals surface area contributed by atoms with Crippen molar-refractivity contribution in [2.24, 2.45) is 0 Å². The fourth-order valence-corrected chi connectivity index (χ4v) is 3.32. The largest absolute Gasteiger partial charge is 0.480 e. The van der Waals surface area contributed by atoms with Crippen LogP contribution in [0, 0.1) is 0 Å². The Hall–Kier alpha value is -2.58. The van der Waals surface area contributed by atoms with Crippen LogP contribution in [0.1, 0.15) is 21.7 Å². The number of hydrogen-bond donors (Lipinski definition) is 3. The van der Waals surface area contributed by atoms with Gasteiger partial charge in [-0.25, -0.2) is 4.79 Å². The minimum atomic E-state index is -1.11. The van der Waals surface area contributed by atoms with Crippen LogP contribution in [0.4, 0.5) is 0 Å². The normalized spacial score (nSPS) is 12.3. The van der Waals surface area contributed by atoms with E-state index in [-0.39, 0.29) is 5.70 Å². The van der Waals surface area contributed by atoms with Crippen molar-refractivity contribution >= 4 is 47.0 Å². The molecule has 0 saturated heterocycles. The zero-order valence-electron chi connectivity index (χ0n) is 14.7. The van der Waals surface area contributed by atoms with E-state index in [2.05, 4.69) is 10.6 Å². The Morgan fingerprint density at radius 1 is 1.19 bits per heavy atom. The SMILES string of the molecule is CSCCC(NC(=O)C(=Cc1cccs1)NC(=O)c1ccccc1)C(=O)O. The first-order valence-corrected chi connectivity index (χ1v) is 10.4. The number of carbonyl (C=O) groups excluding carboxylic acids is 2. The number of thiophene rings is 1. The van der Waals surface area contributed by atoms with Gasteiger partial charge in [0.2, 0.25) is 0 Å². The van der Waals surface area contributed by atoms with Crippen molar-refractivity contribution < 1.29 is 19.5 Å². The second kappa shape index (κ2) is 10.5. The fourth-order valence-electron chi connectivity index (χ4n) is 2.19. The number of hydrogen-bond acceptors (Lipinski definition) is 5. The highest BCUT2D eigenvalue weighted by molar-refractivity contribution is 7.98. The van der Waals surface area contributed by atoms with Gasteiger partial charge in [0.15, 0.2) is 0 Å². The van der Waals surface area contributed by atoms with Crippen LogP contribution in [-0.4, -0.2) is 40.9 Å². The highest BCUT2D eigenvalue weighted by Gasteiger charge is 2.22. The average Bonchev–Trinajstić information content (AvgIpc) is 3.18. The van der Waals surface area contributed by atoms with Gasteiger partial charge in [-0.1, -0.05) is 24.3 Å².